The Morgan fingerprint density at radius 3 is 2.32 bits per heavy atom. The van der Waals surface area contributed by atoms with E-state index in [9.17, 15) is 0 Å². The first-order valence-electron chi connectivity index (χ1n) is 6.75. The summed E-state index contributed by atoms with van der Waals surface area (Å²) in [7, 11) is 0. The van der Waals surface area contributed by atoms with Gasteiger partial charge in [-0.05, 0) is 37.5 Å². The van der Waals surface area contributed by atoms with E-state index in [2.05, 4.69) is 42.0 Å². The summed E-state index contributed by atoms with van der Waals surface area (Å²) in [4.78, 5) is 9.87. The van der Waals surface area contributed by atoms with Crippen molar-refractivity contribution in [1.82, 2.24) is 9.97 Å². The maximum absolute atomic E-state index is 4.36. The first kappa shape index (κ1) is 15.7. The molecule has 2 aromatic rings. The van der Waals surface area contributed by atoms with Gasteiger partial charge in [0.2, 0.25) is 0 Å². The number of aromatic nitrogens is 2. The molecule has 1 heterocycles. The lowest BCUT2D eigenvalue weighted by Gasteiger charge is -2.07. The van der Waals surface area contributed by atoms with Gasteiger partial charge in [-0.15, -0.1) is 0 Å². The van der Waals surface area contributed by atoms with E-state index in [1.165, 1.54) is 16.0 Å². The van der Waals surface area contributed by atoms with Crippen molar-refractivity contribution >= 4 is 11.8 Å². The Balaban J connectivity index is 0.000000861. The van der Waals surface area contributed by atoms with Crippen LogP contribution in [0, 0.1) is 13.8 Å². The Morgan fingerprint density at radius 1 is 1.05 bits per heavy atom. The van der Waals surface area contributed by atoms with E-state index in [0.29, 0.717) is 0 Å². The quantitative estimate of drug-likeness (QED) is 0.801. The molecule has 0 spiro atoms. The van der Waals surface area contributed by atoms with E-state index in [-0.39, 0.29) is 0 Å². The van der Waals surface area contributed by atoms with Crippen LogP contribution in [0.1, 0.15) is 37.6 Å². The molecule has 2 nitrogen and oxygen atoms in total. The summed E-state index contributed by atoms with van der Waals surface area (Å²) in [5.74, 6) is 0. The third-order valence-electron chi connectivity index (χ3n) is 2.69. The predicted octanol–water partition coefficient (Wildman–Crippen LogP) is 4.83. The highest BCUT2D eigenvalue weighted by molar-refractivity contribution is 7.99. The van der Waals surface area contributed by atoms with Gasteiger partial charge in [0.15, 0.2) is 0 Å². The van der Waals surface area contributed by atoms with Gasteiger partial charge in [-0.1, -0.05) is 44.7 Å². The Hall–Kier alpha value is -1.35. The lowest BCUT2D eigenvalue weighted by Crippen LogP contribution is -1.90. The predicted molar refractivity (Wildman–Crippen MR) is 82.8 cm³/mol. The average Bonchev–Trinajstić information content (AvgIpc) is 2.45. The molecule has 0 saturated heterocycles. The summed E-state index contributed by atoms with van der Waals surface area (Å²) in [6.07, 6.45) is 4.55. The fourth-order valence-corrected chi connectivity index (χ4v) is 2.52. The Kier molecular flexibility index (Phi) is 6.57. The molecule has 0 amide bonds. The smallest absolute Gasteiger partial charge is 0.122 e. The first-order valence-corrected chi connectivity index (χ1v) is 7.57. The van der Waals surface area contributed by atoms with Crippen molar-refractivity contribution in [3.05, 3.63) is 47.4 Å². The molecule has 2 rings (SSSR count). The van der Waals surface area contributed by atoms with Crippen molar-refractivity contribution in [1.29, 1.82) is 0 Å². The van der Waals surface area contributed by atoms with E-state index >= 15 is 0 Å². The van der Waals surface area contributed by atoms with E-state index in [1.54, 1.807) is 24.2 Å². The van der Waals surface area contributed by atoms with Crippen LogP contribution < -0.4 is 0 Å². The van der Waals surface area contributed by atoms with E-state index in [4.69, 9.17) is 0 Å². The third-order valence-corrected chi connectivity index (χ3v) is 3.96. The minimum absolute atomic E-state index is 0.983. The summed E-state index contributed by atoms with van der Waals surface area (Å²) >= 11 is 1.69. The fourth-order valence-electron chi connectivity index (χ4n) is 1.65. The SMILES string of the molecule is CC.CCc1ccc(Sc2nccnc2C)c(C)c1. The number of aryl methyl sites for hydroxylation is 3. The largest absolute Gasteiger partial charge is 0.257 e. The van der Waals surface area contributed by atoms with Crippen molar-refractivity contribution in [3.63, 3.8) is 0 Å². The average molecular weight is 274 g/mol. The van der Waals surface area contributed by atoms with Gasteiger partial charge in [0.25, 0.3) is 0 Å². The molecule has 19 heavy (non-hydrogen) atoms. The molecule has 0 unspecified atom stereocenters. The highest BCUT2D eigenvalue weighted by Gasteiger charge is 2.05. The summed E-state index contributed by atoms with van der Waals surface area (Å²) in [6, 6.07) is 6.60. The lowest BCUT2D eigenvalue weighted by molar-refractivity contribution is 0.984. The minimum Gasteiger partial charge on any atom is -0.257 e. The van der Waals surface area contributed by atoms with Crippen molar-refractivity contribution in [2.75, 3.05) is 0 Å². The monoisotopic (exact) mass is 274 g/mol. The van der Waals surface area contributed by atoms with Gasteiger partial charge in [0.05, 0.1) is 5.69 Å². The number of hydrogen-bond acceptors (Lipinski definition) is 3. The summed E-state index contributed by atoms with van der Waals surface area (Å²) in [5.41, 5.74) is 3.67. The molecule has 1 aromatic heterocycles. The zero-order valence-corrected chi connectivity index (χ0v) is 13.2. The molecule has 0 aliphatic rings. The number of benzene rings is 1. The molecule has 0 fully saturated rings. The van der Waals surface area contributed by atoms with Crippen molar-refractivity contribution < 1.29 is 0 Å². The Bertz CT molecular complexity index is 524. The highest BCUT2D eigenvalue weighted by Crippen LogP contribution is 2.30. The van der Waals surface area contributed by atoms with Crippen LogP contribution in [0.2, 0.25) is 0 Å². The number of nitrogens with zero attached hydrogens (tertiary/aromatic N) is 2. The van der Waals surface area contributed by atoms with Gasteiger partial charge >= 0.3 is 0 Å². The summed E-state index contributed by atoms with van der Waals surface area (Å²) in [5, 5.41) is 0.986. The molecule has 0 N–H and O–H groups in total. The fraction of sp³-hybridized carbons (Fsp3) is 0.375. The van der Waals surface area contributed by atoms with Crippen molar-refractivity contribution in [2.24, 2.45) is 0 Å². The maximum atomic E-state index is 4.36. The van der Waals surface area contributed by atoms with Crippen LogP contribution >= 0.6 is 11.8 Å². The van der Waals surface area contributed by atoms with Gasteiger partial charge in [-0.2, -0.15) is 0 Å². The zero-order chi connectivity index (χ0) is 14.3. The Morgan fingerprint density at radius 2 is 1.74 bits per heavy atom. The van der Waals surface area contributed by atoms with Crippen LogP contribution in [-0.2, 0) is 6.42 Å². The molecule has 0 saturated carbocycles. The van der Waals surface area contributed by atoms with Gasteiger partial charge in [-0.25, -0.2) is 4.98 Å². The first-order chi connectivity index (χ1) is 9.20. The van der Waals surface area contributed by atoms with Crippen LogP contribution in [0.5, 0.6) is 0 Å². The standard InChI is InChI=1S/C14H16N2S.C2H6/c1-4-12-5-6-13(10(2)9-12)17-14-11(3)15-7-8-16-14;1-2/h5-9H,4H2,1-3H3;1-2H3. The summed E-state index contributed by atoms with van der Waals surface area (Å²) in [6.45, 7) is 10.3. The second-order valence-electron chi connectivity index (χ2n) is 4.00. The van der Waals surface area contributed by atoms with Crippen LogP contribution in [0.3, 0.4) is 0 Å². The zero-order valence-electron chi connectivity index (χ0n) is 12.4. The van der Waals surface area contributed by atoms with Gasteiger partial charge < -0.3 is 0 Å². The van der Waals surface area contributed by atoms with Crippen molar-refractivity contribution in [2.45, 2.75) is 51.0 Å². The van der Waals surface area contributed by atoms with E-state index in [0.717, 1.165) is 17.1 Å². The molecule has 0 aliphatic heterocycles. The lowest BCUT2D eigenvalue weighted by atomic mass is 10.1. The molecular formula is C16H22N2S. The molecule has 0 radical (unpaired) electrons. The maximum Gasteiger partial charge on any atom is 0.122 e. The third kappa shape index (κ3) is 4.35. The Labute approximate surface area is 120 Å². The van der Waals surface area contributed by atoms with Gasteiger partial charge in [-0.3, -0.25) is 4.98 Å². The normalized spacial score (nSPS) is 9.74. The molecule has 3 heteroatoms. The molecule has 0 aliphatic carbocycles. The van der Waals surface area contributed by atoms with Crippen LogP contribution in [0.4, 0.5) is 0 Å². The van der Waals surface area contributed by atoms with Crippen LogP contribution in [0.25, 0.3) is 0 Å². The highest BCUT2D eigenvalue weighted by atomic mass is 32.2. The summed E-state index contributed by atoms with van der Waals surface area (Å²) < 4.78 is 0. The molecule has 0 atom stereocenters. The van der Waals surface area contributed by atoms with Gasteiger partial charge in [0.1, 0.15) is 5.03 Å². The molecule has 102 valence electrons. The number of rotatable bonds is 3. The van der Waals surface area contributed by atoms with Crippen LogP contribution in [-0.4, -0.2) is 9.97 Å². The topological polar surface area (TPSA) is 25.8 Å². The van der Waals surface area contributed by atoms with E-state index in [1.807, 2.05) is 20.8 Å². The van der Waals surface area contributed by atoms with Crippen molar-refractivity contribution in [3.8, 4) is 0 Å². The van der Waals surface area contributed by atoms with E-state index < -0.39 is 0 Å². The minimum atomic E-state index is 0.983. The van der Waals surface area contributed by atoms with Gasteiger partial charge in [0, 0.05) is 17.3 Å². The molecule has 0 bridgehead atoms. The molecular weight excluding hydrogens is 252 g/mol. The molecule has 1 aromatic carbocycles. The number of hydrogen-bond donors (Lipinski definition) is 0. The second-order valence-corrected chi connectivity index (χ2v) is 5.03. The van der Waals surface area contributed by atoms with Crippen LogP contribution in [0.15, 0.2) is 40.5 Å². The second kappa shape index (κ2) is 7.95.